The molecule has 2 N–H and O–H groups in total. The van der Waals surface area contributed by atoms with Crippen LogP contribution in [-0.2, 0) is 28.7 Å². The van der Waals surface area contributed by atoms with Crippen molar-refractivity contribution >= 4 is 29.4 Å². The number of anilines is 1. The number of ether oxygens (including phenoxy) is 2. The summed E-state index contributed by atoms with van der Waals surface area (Å²) < 4.78 is 12.8. The molecule has 2 bridgehead atoms. The Balaban J connectivity index is 1.51. The first-order chi connectivity index (χ1) is 23.5. The minimum atomic E-state index is -1.29. The number of nitrogens with zero attached hydrogens (tertiary/aromatic N) is 2. The molecule has 2 aromatic carbocycles. The molecular weight excluding hydrogens is 622 g/mol. The third-order valence-corrected chi connectivity index (χ3v) is 10.3. The van der Waals surface area contributed by atoms with Gasteiger partial charge in [-0.1, -0.05) is 68.5 Å². The predicted molar refractivity (Wildman–Crippen MR) is 186 cm³/mol. The molecule has 10 nitrogen and oxygen atoms in total. The van der Waals surface area contributed by atoms with Crippen molar-refractivity contribution in [2.45, 2.75) is 83.3 Å². The van der Waals surface area contributed by atoms with Crippen LogP contribution in [0.25, 0.3) is 0 Å². The Kier molecular flexibility index (Phi) is 11.1. The molecule has 3 fully saturated rings. The van der Waals surface area contributed by atoms with Crippen LogP contribution in [0.5, 0.6) is 0 Å². The molecule has 3 aliphatic heterocycles. The number of allylic oxidation sites excluding steroid dienone is 1. The molecule has 3 saturated heterocycles. The Morgan fingerprint density at radius 3 is 2.53 bits per heavy atom. The molecule has 2 aromatic rings. The second-order valence-electron chi connectivity index (χ2n) is 13.8. The molecule has 0 aromatic heterocycles. The normalized spacial score (nSPS) is 25.1. The smallest absolute Gasteiger partial charge is 0.313 e. The Labute approximate surface area is 289 Å². The van der Waals surface area contributed by atoms with E-state index in [1.54, 1.807) is 17.1 Å². The first-order valence-electron chi connectivity index (χ1n) is 17.2. The van der Waals surface area contributed by atoms with Crippen molar-refractivity contribution in [2.24, 2.45) is 17.8 Å². The number of aliphatic hydroxyl groups excluding tert-OH is 1. The number of esters is 1. The molecule has 3 aliphatic rings. The van der Waals surface area contributed by atoms with Gasteiger partial charge in [0.05, 0.1) is 37.1 Å². The van der Waals surface area contributed by atoms with E-state index in [0.29, 0.717) is 30.5 Å². The lowest BCUT2D eigenvalue weighted by Gasteiger charge is -2.40. The maximum atomic E-state index is 14.9. The number of hydrogen-bond donors (Lipinski definition) is 2. The average molecular weight is 672 g/mol. The molecule has 3 heterocycles. The van der Waals surface area contributed by atoms with E-state index < -0.39 is 53.6 Å². The summed E-state index contributed by atoms with van der Waals surface area (Å²) >= 11 is 0. The molecular formula is C39H49N3O7. The number of rotatable bonds is 15. The van der Waals surface area contributed by atoms with Crippen molar-refractivity contribution < 1.29 is 33.8 Å². The molecule has 0 unspecified atom stereocenters. The number of aryl methyl sites for hydroxylation is 2. The number of hydrogen-bond acceptors (Lipinski definition) is 7. The molecule has 10 heteroatoms. The summed E-state index contributed by atoms with van der Waals surface area (Å²) in [5.74, 6) is -3.70. The number of fused-ring (bicyclic) bond motifs is 1. The lowest BCUT2D eigenvalue weighted by Crippen LogP contribution is -2.60. The predicted octanol–water partition coefficient (Wildman–Crippen LogP) is 4.58. The van der Waals surface area contributed by atoms with Gasteiger partial charge in [-0.05, 0) is 61.8 Å². The minimum absolute atomic E-state index is 0.0489. The van der Waals surface area contributed by atoms with Crippen molar-refractivity contribution in [1.29, 1.82) is 0 Å². The quantitative estimate of drug-likeness (QED) is 0.210. The summed E-state index contributed by atoms with van der Waals surface area (Å²) in [6.45, 7) is 15.1. The summed E-state index contributed by atoms with van der Waals surface area (Å²) in [5.41, 5.74) is 1.96. The summed E-state index contributed by atoms with van der Waals surface area (Å²) in [6.07, 6.45) is 3.52. The van der Waals surface area contributed by atoms with Gasteiger partial charge < -0.3 is 29.7 Å². The van der Waals surface area contributed by atoms with Gasteiger partial charge in [-0.15, -0.1) is 13.2 Å². The molecule has 0 saturated carbocycles. The molecule has 5 rings (SSSR count). The van der Waals surface area contributed by atoms with E-state index in [2.05, 4.69) is 18.5 Å². The van der Waals surface area contributed by atoms with Crippen LogP contribution in [-0.4, -0.2) is 77.2 Å². The van der Waals surface area contributed by atoms with Crippen LogP contribution < -0.4 is 10.2 Å². The van der Waals surface area contributed by atoms with Gasteiger partial charge in [-0.2, -0.15) is 0 Å². The van der Waals surface area contributed by atoms with Crippen molar-refractivity contribution in [2.75, 3.05) is 24.6 Å². The van der Waals surface area contributed by atoms with Crippen molar-refractivity contribution in [3.8, 4) is 0 Å². The van der Waals surface area contributed by atoms with E-state index in [1.807, 2.05) is 76.2 Å². The van der Waals surface area contributed by atoms with Gasteiger partial charge in [0.15, 0.2) is 0 Å². The molecule has 3 amide bonds. The summed E-state index contributed by atoms with van der Waals surface area (Å²) in [6, 6.07) is 13.2. The Bertz CT molecular complexity index is 1580. The fraction of sp³-hybridized carbons (Fsp3) is 0.487. The standard InChI is InChI=1S/C39H49N3O7/c1-7-9-15-32(44)40-22-31(27-13-11-10-12-14-27)48-38(47)33-30-18-19-39(49-30)34(33)36(45)42(29(23-43)24(3)4)35(39)37(46)41(20-8-2)28-21-25(5)16-17-26(28)6/h7-8,10-14,16-17,21,24,29-31,33-35,43H,1-2,9,15,18-20,22-23H2,3-6H3,(H,40,44)/t29-,30+,31+,33-,34-,35+,39-/m0/s1. The van der Waals surface area contributed by atoms with E-state index in [-0.39, 0.29) is 43.8 Å². The molecule has 49 heavy (non-hydrogen) atoms. The van der Waals surface area contributed by atoms with Crippen LogP contribution in [0.3, 0.4) is 0 Å². The zero-order chi connectivity index (χ0) is 35.5. The average Bonchev–Trinajstić information content (AvgIpc) is 3.73. The summed E-state index contributed by atoms with van der Waals surface area (Å²) in [4.78, 5) is 59.5. The van der Waals surface area contributed by atoms with Crippen LogP contribution in [0, 0.1) is 31.6 Å². The second kappa shape index (κ2) is 15.1. The maximum absolute atomic E-state index is 14.9. The molecule has 0 radical (unpaired) electrons. The van der Waals surface area contributed by atoms with Crippen LogP contribution in [0.1, 0.15) is 62.3 Å². The number of benzene rings is 2. The maximum Gasteiger partial charge on any atom is 0.313 e. The third-order valence-electron chi connectivity index (χ3n) is 10.3. The monoisotopic (exact) mass is 671 g/mol. The van der Waals surface area contributed by atoms with Crippen molar-refractivity contribution in [1.82, 2.24) is 10.2 Å². The Hall–Kier alpha value is -4.28. The van der Waals surface area contributed by atoms with E-state index in [1.165, 1.54) is 4.90 Å². The third kappa shape index (κ3) is 6.81. The minimum Gasteiger partial charge on any atom is -0.455 e. The number of aliphatic hydroxyl groups is 1. The first kappa shape index (κ1) is 36.0. The van der Waals surface area contributed by atoms with Gasteiger partial charge in [0.2, 0.25) is 11.8 Å². The Morgan fingerprint density at radius 1 is 1.14 bits per heavy atom. The highest BCUT2D eigenvalue weighted by Gasteiger charge is 2.76. The number of carbonyl (C=O) groups is 4. The highest BCUT2D eigenvalue weighted by atomic mass is 16.6. The van der Waals surface area contributed by atoms with Gasteiger partial charge in [-0.25, -0.2) is 0 Å². The SMILES string of the molecule is C=CCCC(=O)NC[C@@H](OC(=O)[C@@H]1[C@H]2C(=O)N([C@@H](CO)C(C)C)[C@H](C(=O)N(CC=C)c3cc(C)ccc3C)[C@]23CC[C@H]1O3)c1ccccc1. The zero-order valence-electron chi connectivity index (χ0n) is 29.0. The van der Waals surface area contributed by atoms with E-state index >= 15 is 0 Å². The van der Waals surface area contributed by atoms with Gasteiger partial charge >= 0.3 is 5.97 Å². The number of nitrogens with one attached hydrogen (secondary N) is 1. The second-order valence-corrected chi connectivity index (χ2v) is 13.8. The highest BCUT2D eigenvalue weighted by Crippen LogP contribution is 2.59. The fourth-order valence-corrected chi connectivity index (χ4v) is 7.85. The first-order valence-corrected chi connectivity index (χ1v) is 17.2. The number of carbonyl (C=O) groups excluding carboxylic acids is 4. The van der Waals surface area contributed by atoms with Crippen LogP contribution in [0.2, 0.25) is 0 Å². The van der Waals surface area contributed by atoms with Crippen molar-refractivity contribution in [3.05, 3.63) is 90.5 Å². The van der Waals surface area contributed by atoms with Crippen LogP contribution in [0.15, 0.2) is 73.8 Å². The Morgan fingerprint density at radius 2 is 1.88 bits per heavy atom. The highest BCUT2D eigenvalue weighted by molar-refractivity contribution is 6.05. The topological polar surface area (TPSA) is 125 Å². The largest absolute Gasteiger partial charge is 0.455 e. The van der Waals surface area contributed by atoms with Crippen LogP contribution in [0.4, 0.5) is 5.69 Å². The molecule has 262 valence electrons. The number of amides is 3. The van der Waals surface area contributed by atoms with Crippen LogP contribution >= 0.6 is 0 Å². The molecule has 1 spiro atoms. The van der Waals surface area contributed by atoms with Gasteiger partial charge in [0.1, 0.15) is 17.7 Å². The molecule has 7 atom stereocenters. The summed E-state index contributed by atoms with van der Waals surface area (Å²) in [5, 5.41) is 13.5. The summed E-state index contributed by atoms with van der Waals surface area (Å²) in [7, 11) is 0. The lowest BCUT2D eigenvalue weighted by atomic mass is 9.70. The van der Waals surface area contributed by atoms with Gasteiger partial charge in [-0.3, -0.25) is 19.2 Å². The van der Waals surface area contributed by atoms with Crippen molar-refractivity contribution in [3.63, 3.8) is 0 Å². The van der Waals surface area contributed by atoms with Gasteiger partial charge in [0, 0.05) is 18.7 Å². The van der Waals surface area contributed by atoms with E-state index in [9.17, 15) is 24.3 Å². The van der Waals surface area contributed by atoms with Gasteiger partial charge in [0.25, 0.3) is 5.91 Å². The fourth-order valence-electron chi connectivity index (χ4n) is 7.85. The number of likely N-dealkylation sites (tertiary alicyclic amines) is 1. The molecule has 0 aliphatic carbocycles. The van der Waals surface area contributed by atoms with E-state index in [4.69, 9.17) is 9.47 Å². The zero-order valence-corrected chi connectivity index (χ0v) is 29.0. The lowest BCUT2D eigenvalue weighted by molar-refractivity contribution is -0.161. The van der Waals surface area contributed by atoms with E-state index in [0.717, 1.165) is 11.1 Å².